The van der Waals surface area contributed by atoms with Crippen molar-refractivity contribution in [1.29, 1.82) is 0 Å². The van der Waals surface area contributed by atoms with Crippen molar-refractivity contribution in [2.24, 2.45) is 0 Å². The number of nitrogens with zero attached hydrogens (tertiary/aromatic N) is 2. The van der Waals surface area contributed by atoms with Gasteiger partial charge in [-0.25, -0.2) is 13.1 Å². The van der Waals surface area contributed by atoms with E-state index in [1.165, 1.54) is 12.1 Å². The molecule has 1 N–H and O–H groups in total. The number of piperazine rings is 1. The second-order valence-corrected chi connectivity index (χ2v) is 12.0. The average Bonchev–Trinajstić information content (AvgIpc) is 3.27. The highest BCUT2D eigenvalue weighted by Crippen LogP contribution is 2.48. The predicted octanol–water partition coefficient (Wildman–Crippen LogP) is 5.03. The van der Waals surface area contributed by atoms with E-state index in [2.05, 4.69) is 27.8 Å². The monoisotopic (exact) mass is 561 g/mol. The number of sulfonamides is 1. The maximum atomic E-state index is 13.5. The molecule has 0 radical (unpaired) electrons. The van der Waals surface area contributed by atoms with E-state index in [1.807, 2.05) is 35.2 Å². The number of benzene rings is 4. The number of hydrogen-bond acceptors (Lipinski definition) is 5. The highest BCUT2D eigenvalue weighted by molar-refractivity contribution is 7.89. The van der Waals surface area contributed by atoms with Crippen LogP contribution >= 0.6 is 11.6 Å². The highest BCUT2D eigenvalue weighted by atomic mass is 35.5. The van der Waals surface area contributed by atoms with Crippen LogP contribution in [-0.2, 0) is 10.0 Å². The van der Waals surface area contributed by atoms with Crippen molar-refractivity contribution >= 4 is 38.3 Å². The molecular weight excluding hydrogens is 534 g/mol. The second-order valence-electron chi connectivity index (χ2n) is 9.85. The zero-order valence-corrected chi connectivity index (χ0v) is 23.0. The molecule has 4 aromatic rings. The Kier molecular flexibility index (Phi) is 6.81. The first-order valence-electron chi connectivity index (χ1n) is 12.8. The second kappa shape index (κ2) is 10.3. The van der Waals surface area contributed by atoms with E-state index in [9.17, 15) is 13.2 Å². The van der Waals surface area contributed by atoms with Crippen LogP contribution in [0.2, 0.25) is 5.02 Å². The fourth-order valence-electron chi connectivity index (χ4n) is 5.78. The first kappa shape index (κ1) is 25.8. The molecule has 1 heterocycles. The molecule has 4 aromatic carbocycles. The smallest absolute Gasteiger partial charge is 0.254 e. The van der Waals surface area contributed by atoms with Crippen molar-refractivity contribution in [1.82, 2.24) is 14.5 Å². The predicted molar refractivity (Wildman–Crippen MR) is 152 cm³/mol. The van der Waals surface area contributed by atoms with Gasteiger partial charge in [0.15, 0.2) is 0 Å². The van der Waals surface area contributed by atoms with Gasteiger partial charge < -0.3 is 9.64 Å². The Bertz CT molecular complexity index is 1650. The molecular formula is C30H28ClN3O4S. The molecule has 0 saturated carbocycles. The first-order chi connectivity index (χ1) is 18.9. The molecule has 9 heteroatoms. The normalized spacial score (nSPS) is 19.4. The fourth-order valence-corrected chi connectivity index (χ4v) is 7.13. The third kappa shape index (κ3) is 4.78. The van der Waals surface area contributed by atoms with Crippen LogP contribution < -0.4 is 9.46 Å². The lowest BCUT2D eigenvalue weighted by atomic mass is 10.0. The molecule has 1 aliphatic carbocycles. The lowest BCUT2D eigenvalue weighted by Gasteiger charge is -2.40. The number of amides is 1. The largest absolute Gasteiger partial charge is 0.497 e. The van der Waals surface area contributed by atoms with Crippen molar-refractivity contribution < 1.29 is 17.9 Å². The van der Waals surface area contributed by atoms with Gasteiger partial charge in [0.25, 0.3) is 5.91 Å². The molecule has 39 heavy (non-hydrogen) atoms. The Morgan fingerprint density at radius 1 is 0.897 bits per heavy atom. The van der Waals surface area contributed by atoms with Crippen LogP contribution in [0, 0.1) is 0 Å². The molecule has 1 fully saturated rings. The average molecular weight is 562 g/mol. The molecule has 6 rings (SSSR count). The molecule has 7 nitrogen and oxygen atoms in total. The summed E-state index contributed by atoms with van der Waals surface area (Å²) in [4.78, 5) is 17.5. The quantitative estimate of drug-likeness (QED) is 0.357. The Hall–Kier alpha value is -3.43. The third-order valence-corrected chi connectivity index (χ3v) is 9.37. The van der Waals surface area contributed by atoms with Gasteiger partial charge >= 0.3 is 0 Å². The maximum absolute atomic E-state index is 13.5. The van der Waals surface area contributed by atoms with Gasteiger partial charge in [0.2, 0.25) is 10.0 Å². The van der Waals surface area contributed by atoms with Crippen molar-refractivity contribution in [3.63, 3.8) is 0 Å². The standard InChI is InChI=1S/C30H28ClN3O4S/c1-38-23-8-2-7-21(19-23)30(35)34-17-15-33(16-18-34)29-26-10-4-6-20-5-3-9-25(27(20)26)28(29)32-39(36,37)24-13-11-22(31)12-14-24/h2-14,19,28-29,32H,15-18H2,1H3/t28-,29-/m1/s1. The van der Waals surface area contributed by atoms with E-state index in [-0.39, 0.29) is 16.8 Å². The molecule has 0 spiro atoms. The number of rotatable bonds is 6. The van der Waals surface area contributed by atoms with E-state index in [0.717, 1.165) is 21.9 Å². The molecule has 0 aromatic heterocycles. The number of methoxy groups -OCH3 is 1. The van der Waals surface area contributed by atoms with Gasteiger partial charge in [-0.1, -0.05) is 54.1 Å². The van der Waals surface area contributed by atoms with Crippen molar-refractivity contribution in [2.75, 3.05) is 33.3 Å². The van der Waals surface area contributed by atoms with Crippen molar-refractivity contribution in [3.8, 4) is 5.75 Å². The molecule has 2 aliphatic rings. The number of hydrogen-bond donors (Lipinski definition) is 1. The summed E-state index contributed by atoms with van der Waals surface area (Å²) in [6.45, 7) is 2.30. The fraction of sp³-hybridized carbons (Fsp3) is 0.233. The summed E-state index contributed by atoms with van der Waals surface area (Å²) in [6, 6.07) is 24.9. The molecule has 200 valence electrons. The summed E-state index contributed by atoms with van der Waals surface area (Å²) in [5, 5.41) is 2.64. The SMILES string of the molecule is COc1cccc(C(=O)N2CCN([C@@H]3c4cccc5cccc(c45)[C@H]3NS(=O)(=O)c3ccc(Cl)cc3)CC2)c1. The molecule has 2 atom stereocenters. The Morgan fingerprint density at radius 2 is 1.56 bits per heavy atom. The molecule has 0 bridgehead atoms. The maximum Gasteiger partial charge on any atom is 0.254 e. The van der Waals surface area contributed by atoms with Gasteiger partial charge in [-0.05, 0) is 64.4 Å². The minimum absolute atomic E-state index is 0.0367. The van der Waals surface area contributed by atoms with E-state index < -0.39 is 16.1 Å². The molecule has 0 unspecified atom stereocenters. The minimum atomic E-state index is -3.83. The zero-order valence-electron chi connectivity index (χ0n) is 21.4. The first-order valence-corrected chi connectivity index (χ1v) is 14.7. The number of carbonyl (C=O) groups excluding carboxylic acids is 1. The lowest BCUT2D eigenvalue weighted by molar-refractivity contribution is 0.0539. The molecule has 1 saturated heterocycles. The summed E-state index contributed by atoms with van der Waals surface area (Å²) in [7, 11) is -2.24. The molecule has 1 amide bonds. The van der Waals surface area contributed by atoms with Crippen molar-refractivity contribution in [2.45, 2.75) is 17.0 Å². The van der Waals surface area contributed by atoms with Gasteiger partial charge in [0.1, 0.15) is 5.75 Å². The summed E-state index contributed by atoms with van der Waals surface area (Å²) in [5.74, 6) is 0.609. The summed E-state index contributed by atoms with van der Waals surface area (Å²) in [6.07, 6.45) is 0. The number of carbonyl (C=O) groups is 1. The van der Waals surface area contributed by atoms with Gasteiger partial charge in [0, 0.05) is 36.8 Å². The van der Waals surface area contributed by atoms with E-state index in [1.54, 1.807) is 31.4 Å². The third-order valence-electron chi connectivity index (χ3n) is 7.66. The van der Waals surface area contributed by atoms with Crippen LogP contribution in [0.1, 0.15) is 33.6 Å². The van der Waals surface area contributed by atoms with Gasteiger partial charge in [-0.15, -0.1) is 0 Å². The van der Waals surface area contributed by atoms with Crippen LogP contribution in [-0.4, -0.2) is 57.4 Å². The van der Waals surface area contributed by atoms with Gasteiger partial charge in [-0.3, -0.25) is 9.69 Å². The van der Waals surface area contributed by atoms with Crippen LogP contribution in [0.5, 0.6) is 5.75 Å². The van der Waals surface area contributed by atoms with E-state index in [0.29, 0.717) is 42.5 Å². The number of nitrogens with one attached hydrogen (secondary N) is 1. The zero-order chi connectivity index (χ0) is 27.1. The minimum Gasteiger partial charge on any atom is -0.497 e. The number of halogens is 1. The Balaban J connectivity index is 1.29. The van der Waals surface area contributed by atoms with Gasteiger partial charge in [-0.2, -0.15) is 0 Å². The summed E-state index contributed by atoms with van der Waals surface area (Å²) >= 11 is 6.00. The lowest BCUT2D eigenvalue weighted by Crippen LogP contribution is -2.51. The van der Waals surface area contributed by atoms with Crippen LogP contribution in [0.25, 0.3) is 10.8 Å². The summed E-state index contributed by atoms with van der Waals surface area (Å²) < 4.78 is 35.3. The van der Waals surface area contributed by atoms with Gasteiger partial charge in [0.05, 0.1) is 24.1 Å². The van der Waals surface area contributed by atoms with E-state index in [4.69, 9.17) is 16.3 Å². The summed E-state index contributed by atoms with van der Waals surface area (Å²) in [5.41, 5.74) is 2.65. The van der Waals surface area contributed by atoms with Crippen LogP contribution in [0.3, 0.4) is 0 Å². The van der Waals surface area contributed by atoms with Crippen LogP contribution in [0.15, 0.2) is 89.8 Å². The highest BCUT2D eigenvalue weighted by Gasteiger charge is 2.41. The van der Waals surface area contributed by atoms with E-state index >= 15 is 0 Å². The van der Waals surface area contributed by atoms with Crippen molar-refractivity contribution in [3.05, 3.63) is 107 Å². The van der Waals surface area contributed by atoms with Crippen LogP contribution in [0.4, 0.5) is 0 Å². The topological polar surface area (TPSA) is 79.0 Å². The molecule has 1 aliphatic heterocycles. The number of ether oxygens (including phenoxy) is 1. The Labute approximate surface area is 233 Å². The Morgan fingerprint density at radius 3 is 2.26 bits per heavy atom.